The third-order valence-electron chi connectivity index (χ3n) is 6.78. The fourth-order valence-corrected chi connectivity index (χ4v) is 5.68. The normalized spacial score (nSPS) is 17.8. The fourth-order valence-electron chi connectivity index (χ4n) is 4.68. The zero-order valence-corrected chi connectivity index (χ0v) is 21.7. The maximum absolute atomic E-state index is 13.2. The zero-order valence-electron chi connectivity index (χ0n) is 20.8. The molecule has 1 atom stereocenters. The van der Waals surface area contributed by atoms with Crippen LogP contribution in [0.1, 0.15) is 71.8 Å². The minimum Gasteiger partial charge on any atom is -0.465 e. The topological polar surface area (TPSA) is 122 Å². The highest BCUT2D eigenvalue weighted by atomic mass is 32.1. The molecule has 1 fully saturated rings. The molecule has 2 aromatic heterocycles. The van der Waals surface area contributed by atoms with E-state index in [0.717, 1.165) is 10.6 Å². The predicted molar refractivity (Wildman–Crippen MR) is 136 cm³/mol. The number of thiazole rings is 1. The molecule has 2 aliphatic rings. The van der Waals surface area contributed by atoms with Crippen molar-refractivity contribution < 1.29 is 37.1 Å². The number of likely N-dealkylation sites (tertiary alicyclic amines) is 1. The quantitative estimate of drug-likeness (QED) is 0.336. The van der Waals surface area contributed by atoms with Gasteiger partial charge in [-0.1, -0.05) is 17.3 Å². The van der Waals surface area contributed by atoms with E-state index >= 15 is 0 Å². The number of alkyl halides is 4. The summed E-state index contributed by atoms with van der Waals surface area (Å²) >= 11 is 1.49. The van der Waals surface area contributed by atoms with Gasteiger partial charge in [0.2, 0.25) is 5.91 Å². The standard InChI is InChI=1S/C25H24F4N6O4S/c26-22(27)17-9-19(23(28)29)35(32-17)11-21(36)34-7-5-14(6-8-34)24-31-18(12-40-24)16-10-20(39-33-16)13-1-3-15(4-2-13)30-25(37)38/h1-4,9,12,14,20,22-23,30H,5-8,10-11H2,(H,37,38). The van der Waals surface area contributed by atoms with Gasteiger partial charge in [-0.15, -0.1) is 11.3 Å². The second-order valence-corrected chi connectivity index (χ2v) is 10.3. The van der Waals surface area contributed by atoms with Gasteiger partial charge in [-0.25, -0.2) is 27.3 Å². The second-order valence-electron chi connectivity index (χ2n) is 9.37. The molecule has 10 nitrogen and oxygen atoms in total. The van der Waals surface area contributed by atoms with E-state index in [1.807, 2.05) is 5.38 Å². The molecule has 2 N–H and O–H groups in total. The smallest absolute Gasteiger partial charge is 0.409 e. The Balaban J connectivity index is 1.14. The third-order valence-corrected chi connectivity index (χ3v) is 7.79. The minimum atomic E-state index is -3.02. The lowest BCUT2D eigenvalue weighted by atomic mass is 9.97. The van der Waals surface area contributed by atoms with Gasteiger partial charge in [0, 0.05) is 36.5 Å². The molecule has 0 spiro atoms. The van der Waals surface area contributed by atoms with Crippen molar-refractivity contribution in [1.29, 1.82) is 0 Å². The van der Waals surface area contributed by atoms with Gasteiger partial charge in [0.25, 0.3) is 12.9 Å². The van der Waals surface area contributed by atoms with Crippen molar-refractivity contribution in [3.05, 3.63) is 63.4 Å². The summed E-state index contributed by atoms with van der Waals surface area (Å²) in [7, 11) is 0. The van der Waals surface area contributed by atoms with Crippen LogP contribution in [0.3, 0.4) is 0 Å². The lowest BCUT2D eigenvalue weighted by Gasteiger charge is -2.31. The molecular weight excluding hydrogens is 556 g/mol. The van der Waals surface area contributed by atoms with E-state index in [9.17, 15) is 27.2 Å². The molecule has 2 amide bonds. The summed E-state index contributed by atoms with van der Waals surface area (Å²) in [6, 6.07) is 7.47. The molecular formula is C25H24F4N6O4S. The lowest BCUT2D eigenvalue weighted by molar-refractivity contribution is -0.133. The number of anilines is 1. The van der Waals surface area contributed by atoms with Crippen molar-refractivity contribution in [3.63, 3.8) is 0 Å². The highest BCUT2D eigenvalue weighted by molar-refractivity contribution is 7.10. The summed E-state index contributed by atoms with van der Waals surface area (Å²) in [6.45, 7) is 0.229. The van der Waals surface area contributed by atoms with Crippen molar-refractivity contribution in [2.75, 3.05) is 18.4 Å². The van der Waals surface area contributed by atoms with Gasteiger partial charge in [-0.3, -0.25) is 14.8 Å². The summed E-state index contributed by atoms with van der Waals surface area (Å²) in [6.07, 6.45) is -5.75. The molecule has 5 rings (SSSR count). The number of oxime groups is 1. The monoisotopic (exact) mass is 580 g/mol. The third kappa shape index (κ3) is 6.08. The molecule has 15 heteroatoms. The van der Waals surface area contributed by atoms with Crippen molar-refractivity contribution in [2.24, 2.45) is 5.16 Å². The van der Waals surface area contributed by atoms with Crippen LogP contribution in [0.2, 0.25) is 0 Å². The van der Waals surface area contributed by atoms with E-state index < -0.39 is 42.8 Å². The number of halogens is 4. The Morgan fingerprint density at radius 3 is 2.50 bits per heavy atom. The summed E-state index contributed by atoms with van der Waals surface area (Å²) in [5.41, 5.74) is 1.22. The highest BCUT2D eigenvalue weighted by Gasteiger charge is 2.30. The van der Waals surface area contributed by atoms with Gasteiger partial charge in [-0.2, -0.15) is 5.10 Å². The van der Waals surface area contributed by atoms with Gasteiger partial charge in [0.1, 0.15) is 23.6 Å². The fraction of sp³-hybridized carbons (Fsp3) is 0.400. The Morgan fingerprint density at radius 2 is 1.85 bits per heavy atom. The number of carboxylic acid groups (broad SMARTS) is 1. The number of nitrogens with one attached hydrogen (secondary N) is 1. The molecule has 212 valence electrons. The first-order valence-electron chi connectivity index (χ1n) is 12.4. The summed E-state index contributed by atoms with van der Waals surface area (Å²) in [5, 5.41) is 21.6. The van der Waals surface area contributed by atoms with Crippen LogP contribution in [0.4, 0.5) is 28.0 Å². The molecule has 4 heterocycles. The number of nitrogens with zero attached hydrogens (tertiary/aromatic N) is 5. The number of carbonyl (C=O) groups excluding carboxylic acids is 1. The molecule has 0 aliphatic carbocycles. The predicted octanol–water partition coefficient (Wildman–Crippen LogP) is 5.58. The summed E-state index contributed by atoms with van der Waals surface area (Å²) < 4.78 is 53.0. The van der Waals surface area contributed by atoms with Crippen LogP contribution in [0, 0.1) is 0 Å². The van der Waals surface area contributed by atoms with Crippen LogP contribution >= 0.6 is 11.3 Å². The minimum absolute atomic E-state index is 0.0996. The Morgan fingerprint density at radius 1 is 1.12 bits per heavy atom. The van der Waals surface area contributed by atoms with E-state index in [1.54, 1.807) is 24.3 Å². The van der Waals surface area contributed by atoms with Crippen molar-refractivity contribution in [2.45, 2.75) is 50.7 Å². The van der Waals surface area contributed by atoms with Crippen molar-refractivity contribution in [3.8, 4) is 0 Å². The van der Waals surface area contributed by atoms with Gasteiger partial charge in [-0.05, 0) is 36.6 Å². The molecule has 3 aromatic rings. The van der Waals surface area contributed by atoms with Crippen LogP contribution in [0.5, 0.6) is 0 Å². The number of hydrogen-bond donors (Lipinski definition) is 2. The molecule has 1 unspecified atom stereocenters. The van der Waals surface area contributed by atoms with Crippen LogP contribution < -0.4 is 5.32 Å². The van der Waals surface area contributed by atoms with Crippen LogP contribution in [-0.2, 0) is 16.2 Å². The average molecular weight is 581 g/mol. The number of rotatable bonds is 8. The van der Waals surface area contributed by atoms with Gasteiger partial charge < -0.3 is 14.8 Å². The molecule has 2 aliphatic heterocycles. The number of benzene rings is 1. The van der Waals surface area contributed by atoms with E-state index in [1.165, 1.54) is 16.2 Å². The lowest BCUT2D eigenvalue weighted by Crippen LogP contribution is -2.40. The van der Waals surface area contributed by atoms with Crippen LogP contribution in [-0.4, -0.2) is 55.6 Å². The highest BCUT2D eigenvalue weighted by Crippen LogP contribution is 2.34. The Kier molecular flexibility index (Phi) is 8.00. The Bertz CT molecular complexity index is 1400. The summed E-state index contributed by atoms with van der Waals surface area (Å²) in [5.74, 6) is -0.359. The Hall–Kier alpha value is -4.01. The van der Waals surface area contributed by atoms with Gasteiger partial charge in [0.05, 0.1) is 10.7 Å². The van der Waals surface area contributed by atoms with E-state index in [-0.39, 0.29) is 12.0 Å². The molecule has 40 heavy (non-hydrogen) atoms. The second kappa shape index (κ2) is 11.6. The molecule has 0 bridgehead atoms. The van der Waals surface area contributed by atoms with Crippen LogP contribution in [0.15, 0.2) is 40.9 Å². The first kappa shape index (κ1) is 27.6. The first-order valence-corrected chi connectivity index (χ1v) is 13.3. The molecule has 0 radical (unpaired) electrons. The number of aromatic nitrogens is 3. The van der Waals surface area contributed by atoms with Gasteiger partial charge in [0.15, 0.2) is 6.10 Å². The van der Waals surface area contributed by atoms with E-state index in [4.69, 9.17) is 14.9 Å². The number of hydrogen-bond acceptors (Lipinski definition) is 7. The first-order chi connectivity index (χ1) is 19.2. The largest absolute Gasteiger partial charge is 0.465 e. The average Bonchev–Trinajstić information content (AvgIpc) is 3.68. The number of piperidine rings is 1. The van der Waals surface area contributed by atoms with Crippen molar-refractivity contribution >= 4 is 34.7 Å². The van der Waals surface area contributed by atoms with Crippen LogP contribution in [0.25, 0.3) is 0 Å². The maximum atomic E-state index is 13.2. The molecule has 0 saturated carbocycles. The van der Waals surface area contributed by atoms with E-state index in [2.05, 4.69) is 15.6 Å². The molecule has 1 saturated heterocycles. The zero-order chi connectivity index (χ0) is 28.4. The van der Waals surface area contributed by atoms with Gasteiger partial charge >= 0.3 is 6.09 Å². The van der Waals surface area contributed by atoms with Crippen molar-refractivity contribution in [1.82, 2.24) is 19.7 Å². The SMILES string of the molecule is O=C(O)Nc1ccc(C2CC(c3csc(C4CCN(C(=O)Cn5nc(C(F)F)cc5C(F)F)CC4)n3)=NO2)cc1. The Labute approximate surface area is 229 Å². The maximum Gasteiger partial charge on any atom is 0.409 e. The number of carbonyl (C=O) groups is 2. The van der Waals surface area contributed by atoms with E-state index in [0.29, 0.717) is 60.2 Å². The number of amides is 2. The molecule has 1 aromatic carbocycles. The summed E-state index contributed by atoms with van der Waals surface area (Å²) in [4.78, 5) is 35.3.